The van der Waals surface area contributed by atoms with E-state index in [2.05, 4.69) is 19.2 Å². The van der Waals surface area contributed by atoms with E-state index in [1.54, 1.807) is 7.11 Å². The van der Waals surface area contributed by atoms with Crippen molar-refractivity contribution >= 4 is 23.0 Å². The van der Waals surface area contributed by atoms with Crippen LogP contribution in [0.5, 0.6) is 5.75 Å². The van der Waals surface area contributed by atoms with Gasteiger partial charge in [-0.3, -0.25) is 0 Å². The van der Waals surface area contributed by atoms with Crippen LogP contribution in [0.4, 0.5) is 5.69 Å². The molecule has 1 rings (SSSR count). The second kappa shape index (κ2) is 5.70. The van der Waals surface area contributed by atoms with Gasteiger partial charge in [-0.25, -0.2) is 0 Å². The molecule has 1 N–H and O–H groups in total. The Hall–Kier alpha value is -1.29. The molecule has 0 spiro atoms. The molecule has 88 valence electrons. The van der Waals surface area contributed by atoms with Gasteiger partial charge in [0.25, 0.3) is 0 Å². The molecule has 0 saturated heterocycles. The number of rotatable bonds is 3. The quantitative estimate of drug-likeness (QED) is 0.818. The Balaban J connectivity index is 2.62. The zero-order valence-corrected chi connectivity index (χ0v) is 11.0. The predicted molar refractivity (Wildman–Crippen MR) is 72.1 cm³/mol. The van der Waals surface area contributed by atoms with Crippen molar-refractivity contribution in [3.63, 3.8) is 0 Å². The molecule has 0 heterocycles. The highest BCUT2D eigenvalue weighted by Gasteiger charge is 2.07. The number of hydrogen-bond acceptors (Lipinski definition) is 2. The monoisotopic (exact) mass is 238 g/mol. The van der Waals surface area contributed by atoms with Crippen molar-refractivity contribution in [3.8, 4) is 5.75 Å². The normalized spacial score (nSPS) is 10.1. The Morgan fingerprint density at radius 1 is 1.31 bits per heavy atom. The molecule has 0 aromatic heterocycles. The first-order chi connectivity index (χ1) is 7.54. The Morgan fingerprint density at radius 2 is 1.88 bits per heavy atom. The maximum atomic E-state index is 5.28. The summed E-state index contributed by atoms with van der Waals surface area (Å²) in [6, 6.07) is 8.08. The van der Waals surface area contributed by atoms with Crippen LogP contribution in [-0.2, 0) is 0 Å². The van der Waals surface area contributed by atoms with Crippen LogP contribution in [-0.4, -0.2) is 30.2 Å². The average Bonchev–Trinajstić information content (AvgIpc) is 2.28. The Labute approximate surface area is 102 Å². The van der Waals surface area contributed by atoms with Crippen LogP contribution in [0.25, 0.3) is 0 Å². The smallest absolute Gasteiger partial charge is 0.173 e. The molecule has 1 aromatic carbocycles. The third kappa shape index (κ3) is 3.38. The van der Waals surface area contributed by atoms with Crippen LogP contribution >= 0.6 is 12.2 Å². The van der Waals surface area contributed by atoms with Crippen molar-refractivity contribution in [2.75, 3.05) is 19.5 Å². The fourth-order valence-corrected chi connectivity index (χ4v) is 1.45. The Morgan fingerprint density at radius 3 is 2.31 bits per heavy atom. The molecule has 0 saturated carbocycles. The van der Waals surface area contributed by atoms with Crippen LogP contribution < -0.4 is 10.1 Å². The van der Waals surface area contributed by atoms with E-state index in [0.29, 0.717) is 6.04 Å². The summed E-state index contributed by atoms with van der Waals surface area (Å²) in [6.45, 7) is 4.20. The van der Waals surface area contributed by atoms with Crippen molar-refractivity contribution in [2.45, 2.75) is 19.9 Å². The van der Waals surface area contributed by atoms with Gasteiger partial charge in [0.2, 0.25) is 0 Å². The highest BCUT2D eigenvalue weighted by Crippen LogP contribution is 2.15. The van der Waals surface area contributed by atoms with E-state index in [1.165, 1.54) is 0 Å². The minimum atomic E-state index is 0.387. The fourth-order valence-electron chi connectivity index (χ4n) is 1.12. The first kappa shape index (κ1) is 12.8. The third-order valence-electron chi connectivity index (χ3n) is 2.44. The van der Waals surface area contributed by atoms with E-state index in [4.69, 9.17) is 17.0 Å². The second-order valence-corrected chi connectivity index (χ2v) is 4.25. The summed E-state index contributed by atoms with van der Waals surface area (Å²) in [6.07, 6.45) is 0. The van der Waals surface area contributed by atoms with E-state index < -0.39 is 0 Å². The van der Waals surface area contributed by atoms with Gasteiger partial charge in [0.05, 0.1) is 7.11 Å². The number of benzene rings is 1. The van der Waals surface area contributed by atoms with Crippen LogP contribution in [0.2, 0.25) is 0 Å². The summed E-state index contributed by atoms with van der Waals surface area (Å²) in [5, 5.41) is 3.90. The lowest BCUT2D eigenvalue weighted by atomic mass is 10.3. The molecule has 4 heteroatoms. The Kier molecular flexibility index (Phi) is 4.55. The Bertz CT molecular complexity index is 349. The van der Waals surface area contributed by atoms with Gasteiger partial charge in [0.1, 0.15) is 5.75 Å². The third-order valence-corrected chi connectivity index (χ3v) is 2.83. The van der Waals surface area contributed by atoms with Gasteiger partial charge in [0.15, 0.2) is 5.11 Å². The SMILES string of the molecule is COc1ccc(NC(=S)N(C)C(C)C)cc1. The van der Waals surface area contributed by atoms with Crippen molar-refractivity contribution in [1.82, 2.24) is 4.90 Å². The minimum absolute atomic E-state index is 0.387. The van der Waals surface area contributed by atoms with E-state index in [1.807, 2.05) is 36.2 Å². The number of thiocarbonyl (C=S) groups is 1. The molecule has 0 atom stereocenters. The highest BCUT2D eigenvalue weighted by atomic mass is 32.1. The molecule has 0 fully saturated rings. The van der Waals surface area contributed by atoms with Crippen molar-refractivity contribution in [3.05, 3.63) is 24.3 Å². The first-order valence-electron chi connectivity index (χ1n) is 5.22. The molecule has 16 heavy (non-hydrogen) atoms. The summed E-state index contributed by atoms with van der Waals surface area (Å²) in [5.74, 6) is 0.841. The number of ether oxygens (including phenoxy) is 1. The highest BCUT2D eigenvalue weighted by molar-refractivity contribution is 7.80. The van der Waals surface area contributed by atoms with E-state index in [0.717, 1.165) is 16.5 Å². The molecule has 0 unspecified atom stereocenters. The van der Waals surface area contributed by atoms with E-state index in [-0.39, 0.29) is 0 Å². The van der Waals surface area contributed by atoms with E-state index >= 15 is 0 Å². The lowest BCUT2D eigenvalue weighted by Crippen LogP contribution is -2.36. The molecule has 0 aliphatic heterocycles. The number of anilines is 1. The number of hydrogen-bond donors (Lipinski definition) is 1. The summed E-state index contributed by atoms with van der Waals surface area (Å²) in [5.41, 5.74) is 0.971. The lowest BCUT2D eigenvalue weighted by molar-refractivity contribution is 0.415. The summed E-state index contributed by atoms with van der Waals surface area (Å²) in [7, 11) is 3.63. The van der Waals surface area contributed by atoms with Gasteiger partial charge in [-0.05, 0) is 50.3 Å². The summed E-state index contributed by atoms with van der Waals surface area (Å²) in [4.78, 5) is 2.01. The zero-order valence-electron chi connectivity index (χ0n) is 10.2. The first-order valence-corrected chi connectivity index (χ1v) is 5.63. The molecule has 1 aromatic rings. The van der Waals surface area contributed by atoms with Crippen molar-refractivity contribution < 1.29 is 4.74 Å². The van der Waals surface area contributed by atoms with Gasteiger partial charge in [-0.1, -0.05) is 0 Å². The average molecular weight is 238 g/mol. The van der Waals surface area contributed by atoms with Gasteiger partial charge >= 0.3 is 0 Å². The van der Waals surface area contributed by atoms with Gasteiger partial charge < -0.3 is 15.0 Å². The molecule has 0 amide bonds. The number of nitrogens with one attached hydrogen (secondary N) is 1. The minimum Gasteiger partial charge on any atom is -0.497 e. The molecule has 3 nitrogen and oxygen atoms in total. The van der Waals surface area contributed by atoms with Gasteiger partial charge in [0, 0.05) is 18.8 Å². The van der Waals surface area contributed by atoms with Crippen LogP contribution in [0.1, 0.15) is 13.8 Å². The molecule has 0 radical (unpaired) electrons. The molecule has 0 aliphatic rings. The largest absolute Gasteiger partial charge is 0.497 e. The molecular formula is C12H18N2OS. The number of methoxy groups -OCH3 is 1. The topological polar surface area (TPSA) is 24.5 Å². The van der Waals surface area contributed by atoms with Gasteiger partial charge in [-0.15, -0.1) is 0 Å². The molecule has 0 aliphatic carbocycles. The summed E-state index contributed by atoms with van der Waals surface area (Å²) < 4.78 is 5.09. The molecular weight excluding hydrogens is 220 g/mol. The van der Waals surface area contributed by atoms with Crippen LogP contribution in [0, 0.1) is 0 Å². The second-order valence-electron chi connectivity index (χ2n) is 3.86. The lowest BCUT2D eigenvalue weighted by Gasteiger charge is -2.24. The van der Waals surface area contributed by atoms with Gasteiger partial charge in [-0.2, -0.15) is 0 Å². The molecule has 0 bridgehead atoms. The fraction of sp³-hybridized carbons (Fsp3) is 0.417. The van der Waals surface area contributed by atoms with Crippen molar-refractivity contribution in [1.29, 1.82) is 0 Å². The van der Waals surface area contributed by atoms with Crippen LogP contribution in [0.15, 0.2) is 24.3 Å². The van der Waals surface area contributed by atoms with Crippen molar-refractivity contribution in [2.24, 2.45) is 0 Å². The maximum absolute atomic E-state index is 5.28. The zero-order chi connectivity index (χ0) is 12.1. The predicted octanol–water partition coefficient (Wildman–Crippen LogP) is 2.73. The maximum Gasteiger partial charge on any atom is 0.173 e. The van der Waals surface area contributed by atoms with Crippen LogP contribution in [0.3, 0.4) is 0 Å². The number of nitrogens with zero attached hydrogens (tertiary/aromatic N) is 1. The summed E-state index contributed by atoms with van der Waals surface area (Å²) >= 11 is 5.28. The van der Waals surface area contributed by atoms with E-state index in [9.17, 15) is 0 Å². The standard InChI is InChI=1S/C12H18N2OS/c1-9(2)14(3)12(16)13-10-5-7-11(15-4)8-6-10/h5-9H,1-4H3,(H,13,16).